The van der Waals surface area contributed by atoms with E-state index in [0.29, 0.717) is 24.8 Å². The maximum atomic E-state index is 12.0. The third-order valence-corrected chi connectivity index (χ3v) is 3.56. The summed E-state index contributed by atoms with van der Waals surface area (Å²) in [4.78, 5) is 16.2. The molecule has 0 radical (unpaired) electrons. The van der Waals surface area contributed by atoms with Crippen molar-refractivity contribution in [3.63, 3.8) is 0 Å². The van der Waals surface area contributed by atoms with Crippen molar-refractivity contribution in [1.29, 1.82) is 0 Å². The molecule has 94 valence electrons. The van der Waals surface area contributed by atoms with Gasteiger partial charge in [-0.3, -0.25) is 4.79 Å². The molecule has 1 unspecified atom stereocenters. The zero-order valence-electron chi connectivity index (χ0n) is 10.4. The summed E-state index contributed by atoms with van der Waals surface area (Å²) in [5.41, 5.74) is 5.53. The number of anilines is 1. The van der Waals surface area contributed by atoms with Crippen molar-refractivity contribution in [1.82, 2.24) is 9.55 Å². The first kappa shape index (κ1) is 12.1. The van der Waals surface area contributed by atoms with Crippen LogP contribution in [0.4, 0.5) is 5.82 Å². The zero-order valence-corrected chi connectivity index (χ0v) is 10.4. The second-order valence-corrected chi connectivity index (χ2v) is 4.89. The van der Waals surface area contributed by atoms with Gasteiger partial charge in [-0.25, -0.2) is 4.98 Å². The van der Waals surface area contributed by atoms with Gasteiger partial charge in [-0.15, -0.1) is 0 Å². The van der Waals surface area contributed by atoms with Gasteiger partial charge in [0.25, 0.3) is 5.56 Å². The monoisotopic (exact) mass is 236 g/mol. The SMILES string of the molecule is CCn1ccnc(NC(C)(CN)C2CC2)c1=O. The normalized spacial score (nSPS) is 18.8. The lowest BCUT2D eigenvalue weighted by Gasteiger charge is -2.29. The molecule has 1 aliphatic rings. The molecule has 1 aromatic heterocycles. The molecule has 1 heterocycles. The standard InChI is InChI=1S/C12H20N4O/c1-3-16-7-6-14-10(11(16)17)15-12(2,8-13)9-4-5-9/h6-7,9H,3-5,8,13H2,1-2H3,(H,14,15). The van der Waals surface area contributed by atoms with E-state index >= 15 is 0 Å². The lowest BCUT2D eigenvalue weighted by molar-refractivity contribution is 0.456. The third-order valence-electron chi connectivity index (χ3n) is 3.56. The Morgan fingerprint density at radius 3 is 2.88 bits per heavy atom. The predicted octanol–water partition coefficient (Wildman–Crippen LogP) is 0.802. The van der Waals surface area contributed by atoms with E-state index in [1.807, 2.05) is 6.92 Å². The highest BCUT2D eigenvalue weighted by Gasteiger charge is 2.41. The Bertz CT molecular complexity index is 452. The highest BCUT2D eigenvalue weighted by molar-refractivity contribution is 5.36. The summed E-state index contributed by atoms with van der Waals surface area (Å²) in [6.45, 7) is 5.17. The van der Waals surface area contributed by atoms with Crippen molar-refractivity contribution in [3.05, 3.63) is 22.7 Å². The maximum absolute atomic E-state index is 12.0. The van der Waals surface area contributed by atoms with E-state index in [1.54, 1.807) is 17.0 Å². The molecule has 0 bridgehead atoms. The minimum atomic E-state index is -0.209. The molecule has 1 atom stereocenters. The molecule has 0 saturated heterocycles. The molecule has 1 saturated carbocycles. The van der Waals surface area contributed by atoms with Crippen molar-refractivity contribution in [3.8, 4) is 0 Å². The fraction of sp³-hybridized carbons (Fsp3) is 0.667. The third kappa shape index (κ3) is 2.34. The molecule has 3 N–H and O–H groups in total. The van der Waals surface area contributed by atoms with Crippen LogP contribution in [0.5, 0.6) is 0 Å². The zero-order chi connectivity index (χ0) is 12.5. The van der Waals surface area contributed by atoms with Crippen molar-refractivity contribution in [2.45, 2.75) is 38.8 Å². The molecular weight excluding hydrogens is 216 g/mol. The molecule has 17 heavy (non-hydrogen) atoms. The second-order valence-electron chi connectivity index (χ2n) is 4.89. The average molecular weight is 236 g/mol. The van der Waals surface area contributed by atoms with Gasteiger partial charge in [0.05, 0.1) is 5.54 Å². The van der Waals surface area contributed by atoms with Crippen molar-refractivity contribution >= 4 is 5.82 Å². The molecule has 0 amide bonds. The lowest BCUT2D eigenvalue weighted by atomic mass is 9.96. The largest absolute Gasteiger partial charge is 0.359 e. The number of nitrogens with zero attached hydrogens (tertiary/aromatic N) is 2. The van der Waals surface area contributed by atoms with Gasteiger partial charge < -0.3 is 15.6 Å². The van der Waals surface area contributed by atoms with E-state index in [2.05, 4.69) is 17.2 Å². The van der Waals surface area contributed by atoms with Crippen LogP contribution in [0, 0.1) is 5.92 Å². The quantitative estimate of drug-likeness (QED) is 0.793. The van der Waals surface area contributed by atoms with E-state index in [1.165, 1.54) is 12.8 Å². The summed E-state index contributed by atoms with van der Waals surface area (Å²) >= 11 is 0. The summed E-state index contributed by atoms with van der Waals surface area (Å²) in [6, 6.07) is 0. The number of hydrogen-bond acceptors (Lipinski definition) is 4. The summed E-state index contributed by atoms with van der Waals surface area (Å²) in [6.07, 6.45) is 5.70. The van der Waals surface area contributed by atoms with Crippen LogP contribution in [0.25, 0.3) is 0 Å². The molecule has 2 rings (SSSR count). The average Bonchev–Trinajstić information content (AvgIpc) is 3.16. The van der Waals surface area contributed by atoms with E-state index in [-0.39, 0.29) is 11.1 Å². The van der Waals surface area contributed by atoms with Crippen LogP contribution < -0.4 is 16.6 Å². The lowest BCUT2D eigenvalue weighted by Crippen LogP contribution is -2.46. The number of aryl methyl sites for hydroxylation is 1. The van der Waals surface area contributed by atoms with Gasteiger partial charge in [0.1, 0.15) is 0 Å². The van der Waals surface area contributed by atoms with E-state index < -0.39 is 0 Å². The first-order valence-electron chi connectivity index (χ1n) is 6.14. The fourth-order valence-corrected chi connectivity index (χ4v) is 2.09. The van der Waals surface area contributed by atoms with Crippen molar-refractivity contribution in [2.75, 3.05) is 11.9 Å². The number of aromatic nitrogens is 2. The molecule has 1 aliphatic carbocycles. The Morgan fingerprint density at radius 2 is 2.35 bits per heavy atom. The van der Waals surface area contributed by atoms with Crippen LogP contribution in [0.3, 0.4) is 0 Å². The topological polar surface area (TPSA) is 72.9 Å². The molecule has 5 heteroatoms. The molecule has 1 fully saturated rings. The molecular formula is C12H20N4O. The van der Waals surface area contributed by atoms with Gasteiger partial charge in [0.15, 0.2) is 5.82 Å². The van der Waals surface area contributed by atoms with Gasteiger partial charge in [0.2, 0.25) is 0 Å². The second kappa shape index (κ2) is 4.49. The van der Waals surface area contributed by atoms with Crippen LogP contribution in [-0.2, 0) is 6.54 Å². The van der Waals surface area contributed by atoms with Crippen LogP contribution in [0.2, 0.25) is 0 Å². The first-order chi connectivity index (χ1) is 8.10. The number of nitrogens with one attached hydrogen (secondary N) is 1. The van der Waals surface area contributed by atoms with Crippen LogP contribution >= 0.6 is 0 Å². The molecule has 0 aromatic carbocycles. The first-order valence-corrected chi connectivity index (χ1v) is 6.14. The van der Waals surface area contributed by atoms with Crippen LogP contribution in [-0.4, -0.2) is 21.6 Å². The van der Waals surface area contributed by atoms with Gasteiger partial charge >= 0.3 is 0 Å². The fourth-order valence-electron chi connectivity index (χ4n) is 2.09. The number of nitrogens with two attached hydrogens (primary N) is 1. The van der Waals surface area contributed by atoms with Gasteiger partial charge in [-0.1, -0.05) is 0 Å². The maximum Gasteiger partial charge on any atom is 0.293 e. The Hall–Kier alpha value is -1.36. The Labute approximate surface area is 101 Å². The minimum absolute atomic E-state index is 0.0738. The van der Waals surface area contributed by atoms with Crippen LogP contribution in [0.1, 0.15) is 26.7 Å². The molecule has 0 spiro atoms. The van der Waals surface area contributed by atoms with Gasteiger partial charge in [-0.2, -0.15) is 0 Å². The summed E-state index contributed by atoms with van der Waals surface area (Å²) in [7, 11) is 0. The summed E-state index contributed by atoms with van der Waals surface area (Å²) < 4.78 is 1.64. The highest BCUT2D eigenvalue weighted by Crippen LogP contribution is 2.40. The van der Waals surface area contributed by atoms with E-state index in [4.69, 9.17) is 5.73 Å². The Kier molecular flexibility index (Phi) is 3.19. The van der Waals surface area contributed by atoms with E-state index in [0.717, 1.165) is 0 Å². The molecule has 5 nitrogen and oxygen atoms in total. The Morgan fingerprint density at radius 1 is 1.65 bits per heavy atom. The summed E-state index contributed by atoms with van der Waals surface area (Å²) in [5, 5.41) is 3.24. The number of hydrogen-bond donors (Lipinski definition) is 2. The molecule has 1 aromatic rings. The smallest absolute Gasteiger partial charge is 0.293 e. The van der Waals surface area contributed by atoms with Gasteiger partial charge in [0, 0.05) is 25.5 Å². The van der Waals surface area contributed by atoms with Gasteiger partial charge in [-0.05, 0) is 32.6 Å². The minimum Gasteiger partial charge on any atom is -0.359 e. The van der Waals surface area contributed by atoms with E-state index in [9.17, 15) is 4.79 Å². The number of rotatable bonds is 5. The summed E-state index contributed by atoms with van der Waals surface area (Å²) in [5.74, 6) is 0.971. The van der Waals surface area contributed by atoms with Crippen LogP contribution in [0.15, 0.2) is 17.2 Å². The molecule has 0 aliphatic heterocycles. The highest BCUT2D eigenvalue weighted by atomic mass is 16.1. The predicted molar refractivity (Wildman–Crippen MR) is 68.0 cm³/mol. The van der Waals surface area contributed by atoms with Crippen molar-refractivity contribution < 1.29 is 0 Å². The van der Waals surface area contributed by atoms with Crippen molar-refractivity contribution in [2.24, 2.45) is 11.7 Å². The Balaban J connectivity index is 2.26.